The summed E-state index contributed by atoms with van der Waals surface area (Å²) in [7, 11) is 0. The topological polar surface area (TPSA) is 84.5 Å². The van der Waals surface area contributed by atoms with Crippen molar-refractivity contribution in [1.82, 2.24) is 0 Å². The maximum atomic E-state index is 12.9. The summed E-state index contributed by atoms with van der Waals surface area (Å²) in [5, 5.41) is 6.19. The Balaban J connectivity index is 1.69. The van der Waals surface area contributed by atoms with Crippen molar-refractivity contribution in [3.05, 3.63) is 81.9 Å². The molecule has 0 bridgehead atoms. The Bertz CT molecular complexity index is 1240. The maximum absolute atomic E-state index is 12.9. The fraction of sp³-hybridized carbons (Fsp3) is 0.0909. The second-order valence-electron chi connectivity index (χ2n) is 6.61. The summed E-state index contributed by atoms with van der Waals surface area (Å²) in [6.45, 7) is 3.97. The van der Waals surface area contributed by atoms with Gasteiger partial charge >= 0.3 is 0 Å². The molecule has 0 spiro atoms. The lowest BCUT2D eigenvalue weighted by Crippen LogP contribution is -2.17. The third-order valence-corrected chi connectivity index (χ3v) is 5.03. The molecular formula is C22H17BrN2O4. The number of anilines is 2. The number of nitrogens with one attached hydrogen (secondary N) is 2. The van der Waals surface area contributed by atoms with E-state index in [1.165, 1.54) is 6.07 Å². The van der Waals surface area contributed by atoms with Gasteiger partial charge in [0.15, 0.2) is 10.4 Å². The monoisotopic (exact) mass is 452 g/mol. The predicted octanol–water partition coefficient (Wildman–Crippen LogP) is 5.91. The molecule has 2 aromatic carbocycles. The molecule has 146 valence electrons. The summed E-state index contributed by atoms with van der Waals surface area (Å²) in [5.74, 6) is -0.811. The summed E-state index contributed by atoms with van der Waals surface area (Å²) in [4.78, 5) is 25.5. The van der Waals surface area contributed by atoms with Gasteiger partial charge in [0.1, 0.15) is 11.3 Å². The van der Waals surface area contributed by atoms with Crippen molar-refractivity contribution >= 4 is 50.1 Å². The van der Waals surface area contributed by atoms with Crippen LogP contribution in [0.5, 0.6) is 0 Å². The van der Waals surface area contributed by atoms with Gasteiger partial charge in [0, 0.05) is 11.1 Å². The van der Waals surface area contributed by atoms with Crippen molar-refractivity contribution < 1.29 is 18.4 Å². The van der Waals surface area contributed by atoms with Crippen LogP contribution in [0.3, 0.4) is 0 Å². The number of aryl methyl sites for hydroxylation is 2. The number of fused-ring (bicyclic) bond motifs is 1. The molecule has 4 aromatic rings. The van der Waals surface area contributed by atoms with E-state index in [1.807, 2.05) is 38.1 Å². The van der Waals surface area contributed by atoms with E-state index >= 15 is 0 Å². The number of benzene rings is 2. The van der Waals surface area contributed by atoms with Gasteiger partial charge in [0.05, 0.1) is 0 Å². The van der Waals surface area contributed by atoms with Crippen molar-refractivity contribution in [2.75, 3.05) is 10.6 Å². The first-order valence-electron chi connectivity index (χ1n) is 8.89. The summed E-state index contributed by atoms with van der Waals surface area (Å²) in [6, 6.07) is 15.9. The fourth-order valence-electron chi connectivity index (χ4n) is 2.95. The second kappa shape index (κ2) is 7.60. The fourth-order valence-corrected chi connectivity index (χ4v) is 3.25. The van der Waals surface area contributed by atoms with Crippen LogP contribution >= 0.6 is 15.9 Å². The van der Waals surface area contributed by atoms with Crippen LogP contribution in [0.15, 0.2) is 68.1 Å². The van der Waals surface area contributed by atoms with Gasteiger partial charge in [-0.25, -0.2) is 0 Å². The molecule has 0 atom stereocenters. The SMILES string of the molecule is Cc1ccc(NC(=O)c2oc3ccccc3c2NC(=O)c2ccc(Br)o2)cc1C. The zero-order valence-corrected chi connectivity index (χ0v) is 17.3. The van der Waals surface area contributed by atoms with Crippen molar-refractivity contribution in [2.24, 2.45) is 0 Å². The second-order valence-corrected chi connectivity index (χ2v) is 7.39. The number of hydrogen-bond donors (Lipinski definition) is 2. The van der Waals surface area contributed by atoms with Crippen LogP contribution in [0.2, 0.25) is 0 Å². The Kier molecular flexibility index (Phi) is 4.98. The standard InChI is InChI=1S/C22H17BrN2O4/c1-12-7-8-14(11-13(12)2)24-22(27)20-19(15-5-3-4-6-16(15)29-20)25-21(26)17-9-10-18(23)28-17/h3-11H,1-2H3,(H,24,27)(H,25,26). The Morgan fingerprint density at radius 3 is 2.38 bits per heavy atom. The molecule has 0 unspecified atom stereocenters. The van der Waals surface area contributed by atoms with Crippen LogP contribution < -0.4 is 10.6 Å². The first-order valence-corrected chi connectivity index (χ1v) is 9.68. The summed E-state index contributed by atoms with van der Waals surface area (Å²) >= 11 is 3.17. The number of para-hydroxylation sites is 1. The average Bonchev–Trinajstić information content (AvgIpc) is 3.29. The van der Waals surface area contributed by atoms with Crippen LogP contribution in [0, 0.1) is 13.8 Å². The number of halogens is 1. The zero-order chi connectivity index (χ0) is 20.5. The average molecular weight is 453 g/mol. The maximum Gasteiger partial charge on any atom is 0.293 e. The molecule has 2 aromatic heterocycles. The molecule has 6 nitrogen and oxygen atoms in total. The van der Waals surface area contributed by atoms with Crippen molar-refractivity contribution in [2.45, 2.75) is 13.8 Å². The molecule has 2 amide bonds. The third kappa shape index (κ3) is 3.82. The van der Waals surface area contributed by atoms with Gasteiger partial charge < -0.3 is 19.5 Å². The largest absolute Gasteiger partial charge is 0.449 e. The van der Waals surface area contributed by atoms with Gasteiger partial charge in [0.2, 0.25) is 5.76 Å². The van der Waals surface area contributed by atoms with E-state index in [1.54, 1.807) is 24.3 Å². The van der Waals surface area contributed by atoms with Gasteiger partial charge in [-0.05, 0) is 77.3 Å². The molecule has 0 saturated heterocycles. The smallest absolute Gasteiger partial charge is 0.293 e. The number of amides is 2. The number of carbonyl (C=O) groups is 2. The Morgan fingerprint density at radius 2 is 1.66 bits per heavy atom. The van der Waals surface area contributed by atoms with Crippen LogP contribution in [0.1, 0.15) is 32.2 Å². The molecule has 29 heavy (non-hydrogen) atoms. The summed E-state index contributed by atoms with van der Waals surface area (Å²) in [5.41, 5.74) is 3.62. The van der Waals surface area contributed by atoms with Gasteiger partial charge in [-0.15, -0.1) is 0 Å². The quantitative estimate of drug-likeness (QED) is 0.402. The highest BCUT2D eigenvalue weighted by Crippen LogP contribution is 2.32. The minimum atomic E-state index is -0.484. The van der Waals surface area contributed by atoms with E-state index in [-0.39, 0.29) is 11.5 Å². The molecule has 0 saturated carbocycles. The van der Waals surface area contributed by atoms with Crippen molar-refractivity contribution in [3.8, 4) is 0 Å². The molecule has 0 aliphatic rings. The zero-order valence-electron chi connectivity index (χ0n) is 15.7. The number of furan rings is 2. The lowest BCUT2D eigenvalue weighted by atomic mass is 10.1. The first kappa shape index (κ1) is 19.0. The van der Waals surface area contributed by atoms with Crippen molar-refractivity contribution in [1.29, 1.82) is 0 Å². The normalized spacial score (nSPS) is 10.9. The molecule has 2 heterocycles. The van der Waals surface area contributed by atoms with E-state index in [9.17, 15) is 9.59 Å². The molecule has 0 aliphatic heterocycles. The van der Waals surface area contributed by atoms with Gasteiger partial charge in [0.25, 0.3) is 11.8 Å². The summed E-state index contributed by atoms with van der Waals surface area (Å²) in [6.07, 6.45) is 0. The lowest BCUT2D eigenvalue weighted by Gasteiger charge is -2.08. The Morgan fingerprint density at radius 1 is 0.862 bits per heavy atom. The molecule has 0 aliphatic carbocycles. The lowest BCUT2D eigenvalue weighted by molar-refractivity contribution is 0.0994. The van der Waals surface area contributed by atoms with Crippen LogP contribution in [-0.2, 0) is 0 Å². The van der Waals surface area contributed by atoms with Gasteiger partial charge in [-0.1, -0.05) is 18.2 Å². The summed E-state index contributed by atoms with van der Waals surface area (Å²) < 4.78 is 11.5. The first-order chi connectivity index (χ1) is 13.9. The van der Waals surface area contributed by atoms with Crippen molar-refractivity contribution in [3.63, 3.8) is 0 Å². The molecule has 0 radical (unpaired) electrons. The predicted molar refractivity (Wildman–Crippen MR) is 114 cm³/mol. The van der Waals surface area contributed by atoms with Crippen LogP contribution in [-0.4, -0.2) is 11.8 Å². The van der Waals surface area contributed by atoms with Crippen LogP contribution in [0.4, 0.5) is 11.4 Å². The third-order valence-electron chi connectivity index (χ3n) is 4.60. The molecular weight excluding hydrogens is 436 g/mol. The van der Waals surface area contributed by atoms with E-state index in [0.29, 0.717) is 27.0 Å². The number of hydrogen-bond acceptors (Lipinski definition) is 4. The minimum Gasteiger partial charge on any atom is -0.449 e. The van der Waals surface area contributed by atoms with Gasteiger partial charge in [-0.3, -0.25) is 9.59 Å². The highest BCUT2D eigenvalue weighted by Gasteiger charge is 2.24. The van der Waals surface area contributed by atoms with Crippen LogP contribution in [0.25, 0.3) is 11.0 Å². The number of carbonyl (C=O) groups excluding carboxylic acids is 2. The van der Waals surface area contributed by atoms with E-state index in [0.717, 1.165) is 11.1 Å². The van der Waals surface area contributed by atoms with E-state index in [4.69, 9.17) is 8.83 Å². The van der Waals surface area contributed by atoms with Gasteiger partial charge in [-0.2, -0.15) is 0 Å². The molecule has 0 fully saturated rings. The highest BCUT2D eigenvalue weighted by atomic mass is 79.9. The molecule has 4 rings (SSSR count). The Labute approximate surface area is 175 Å². The Hall–Kier alpha value is -3.32. The number of rotatable bonds is 4. The highest BCUT2D eigenvalue weighted by molar-refractivity contribution is 9.10. The van der Waals surface area contributed by atoms with E-state index in [2.05, 4.69) is 26.6 Å². The molecule has 7 heteroatoms. The van der Waals surface area contributed by atoms with E-state index < -0.39 is 11.8 Å². The molecule has 2 N–H and O–H groups in total. The minimum absolute atomic E-state index is 0.0170.